The molecule has 0 fully saturated rings. The highest BCUT2D eigenvalue weighted by molar-refractivity contribution is 7.92. The second-order valence-electron chi connectivity index (χ2n) is 11.4. The molecule has 0 aliphatic heterocycles. The first-order valence-electron chi connectivity index (χ1n) is 15.6. The molecule has 0 aromatic heterocycles. The summed E-state index contributed by atoms with van der Waals surface area (Å²) in [7, 11) is -1.31. The normalized spacial score (nSPS) is 12.4. The molecule has 9 nitrogen and oxygen atoms in total. The van der Waals surface area contributed by atoms with Gasteiger partial charge in [-0.05, 0) is 55.7 Å². The fourth-order valence-electron chi connectivity index (χ4n) is 5.12. The van der Waals surface area contributed by atoms with Crippen LogP contribution in [0.25, 0.3) is 0 Å². The van der Waals surface area contributed by atoms with E-state index in [0.717, 1.165) is 21.0 Å². The van der Waals surface area contributed by atoms with E-state index in [1.54, 1.807) is 24.3 Å². The van der Waals surface area contributed by atoms with E-state index >= 15 is 0 Å². The number of hydrogen-bond acceptors (Lipinski definition) is 6. The predicted molar refractivity (Wildman–Crippen MR) is 184 cm³/mol. The molecule has 4 aromatic carbocycles. The molecule has 4 rings (SSSR count). The van der Waals surface area contributed by atoms with Crippen LogP contribution < -0.4 is 19.1 Å². The molecule has 47 heavy (non-hydrogen) atoms. The SMILES string of the molecule is CCC(C)NC(=O)C(Cc1ccccc1)N(Cc1ccccc1)C(=O)CN(c1ccc(OC)c(OC)c1)S(=O)(=O)c1ccc(C)cc1. The van der Waals surface area contributed by atoms with Crippen LogP contribution in [0.4, 0.5) is 5.69 Å². The van der Waals surface area contributed by atoms with Crippen molar-refractivity contribution in [2.75, 3.05) is 25.1 Å². The van der Waals surface area contributed by atoms with Crippen LogP contribution in [0.3, 0.4) is 0 Å². The lowest BCUT2D eigenvalue weighted by molar-refractivity contribution is -0.140. The maximum absolute atomic E-state index is 14.6. The van der Waals surface area contributed by atoms with Gasteiger partial charge in [-0.25, -0.2) is 8.42 Å². The molecule has 2 atom stereocenters. The summed E-state index contributed by atoms with van der Waals surface area (Å²) in [5, 5.41) is 3.05. The number of hydrogen-bond donors (Lipinski definition) is 1. The molecule has 248 valence electrons. The third-order valence-corrected chi connectivity index (χ3v) is 9.80. The van der Waals surface area contributed by atoms with Gasteiger partial charge in [0.25, 0.3) is 10.0 Å². The second-order valence-corrected chi connectivity index (χ2v) is 13.3. The Kier molecular flexibility index (Phi) is 12.0. The Bertz CT molecular complexity index is 1730. The maximum Gasteiger partial charge on any atom is 0.264 e. The summed E-state index contributed by atoms with van der Waals surface area (Å²) in [5.74, 6) is -0.144. The summed E-state index contributed by atoms with van der Waals surface area (Å²) in [6.45, 7) is 5.27. The van der Waals surface area contributed by atoms with Crippen molar-refractivity contribution in [2.24, 2.45) is 0 Å². The highest BCUT2D eigenvalue weighted by atomic mass is 32.2. The number of rotatable bonds is 15. The zero-order chi connectivity index (χ0) is 34.0. The van der Waals surface area contributed by atoms with Crippen LogP contribution in [-0.4, -0.2) is 58.0 Å². The molecule has 2 unspecified atom stereocenters. The number of ether oxygens (including phenoxy) is 2. The van der Waals surface area contributed by atoms with E-state index in [4.69, 9.17) is 9.47 Å². The van der Waals surface area contributed by atoms with Crippen molar-refractivity contribution < 1.29 is 27.5 Å². The average molecular weight is 658 g/mol. The van der Waals surface area contributed by atoms with E-state index < -0.39 is 28.5 Å². The van der Waals surface area contributed by atoms with Crippen LogP contribution in [0.5, 0.6) is 11.5 Å². The summed E-state index contributed by atoms with van der Waals surface area (Å²) in [5.41, 5.74) is 2.77. The van der Waals surface area contributed by atoms with Crippen molar-refractivity contribution in [1.29, 1.82) is 0 Å². The molecule has 0 aliphatic rings. The van der Waals surface area contributed by atoms with Gasteiger partial charge >= 0.3 is 0 Å². The molecule has 0 bridgehead atoms. The summed E-state index contributed by atoms with van der Waals surface area (Å²) in [6.07, 6.45) is 0.945. The number of carbonyl (C=O) groups is 2. The molecule has 0 saturated heterocycles. The van der Waals surface area contributed by atoms with Gasteiger partial charge in [0.15, 0.2) is 11.5 Å². The minimum Gasteiger partial charge on any atom is -0.493 e. The number of nitrogens with zero attached hydrogens (tertiary/aromatic N) is 2. The van der Waals surface area contributed by atoms with Crippen molar-refractivity contribution >= 4 is 27.5 Å². The number of methoxy groups -OCH3 is 2. The van der Waals surface area contributed by atoms with E-state index in [1.807, 2.05) is 81.4 Å². The minimum absolute atomic E-state index is 0.0237. The Morgan fingerprint density at radius 3 is 1.98 bits per heavy atom. The summed E-state index contributed by atoms with van der Waals surface area (Å²) >= 11 is 0. The van der Waals surface area contributed by atoms with E-state index in [9.17, 15) is 18.0 Å². The van der Waals surface area contributed by atoms with Gasteiger partial charge in [-0.2, -0.15) is 0 Å². The van der Waals surface area contributed by atoms with Gasteiger partial charge < -0.3 is 19.7 Å². The zero-order valence-electron chi connectivity index (χ0n) is 27.6. The van der Waals surface area contributed by atoms with Crippen molar-refractivity contribution in [3.8, 4) is 11.5 Å². The molecule has 1 N–H and O–H groups in total. The van der Waals surface area contributed by atoms with Crippen molar-refractivity contribution in [3.63, 3.8) is 0 Å². The smallest absolute Gasteiger partial charge is 0.264 e. The van der Waals surface area contributed by atoms with E-state index in [1.165, 1.54) is 37.3 Å². The topological polar surface area (TPSA) is 105 Å². The third-order valence-electron chi connectivity index (χ3n) is 8.01. The van der Waals surface area contributed by atoms with Crippen molar-refractivity contribution in [1.82, 2.24) is 10.2 Å². The minimum atomic E-state index is -4.26. The molecule has 10 heteroatoms. The van der Waals surface area contributed by atoms with Crippen LogP contribution in [0.1, 0.15) is 37.0 Å². The van der Waals surface area contributed by atoms with Gasteiger partial charge in [-0.3, -0.25) is 13.9 Å². The molecule has 0 radical (unpaired) electrons. The Morgan fingerprint density at radius 1 is 0.809 bits per heavy atom. The van der Waals surface area contributed by atoms with Gasteiger partial charge in [-0.15, -0.1) is 0 Å². The lowest BCUT2D eigenvalue weighted by Crippen LogP contribution is -2.54. The second kappa shape index (κ2) is 16.1. The lowest BCUT2D eigenvalue weighted by atomic mass is 10.0. The lowest BCUT2D eigenvalue weighted by Gasteiger charge is -2.34. The number of aryl methyl sites for hydroxylation is 1. The first-order chi connectivity index (χ1) is 22.6. The fraction of sp³-hybridized carbons (Fsp3) is 0.297. The van der Waals surface area contributed by atoms with Crippen molar-refractivity contribution in [2.45, 2.75) is 57.1 Å². The number of carbonyl (C=O) groups excluding carboxylic acids is 2. The molecule has 4 aromatic rings. The van der Waals surface area contributed by atoms with Gasteiger partial charge in [0, 0.05) is 25.1 Å². The molecular weight excluding hydrogens is 614 g/mol. The molecule has 0 spiro atoms. The number of amides is 2. The first kappa shape index (κ1) is 35.0. The van der Waals surface area contributed by atoms with Crippen LogP contribution in [0, 0.1) is 6.92 Å². The number of sulfonamides is 1. The average Bonchev–Trinajstić information content (AvgIpc) is 3.09. The number of nitrogens with one attached hydrogen (secondary N) is 1. The Balaban J connectivity index is 1.83. The van der Waals surface area contributed by atoms with Gasteiger partial charge in [-0.1, -0.05) is 85.3 Å². The van der Waals surface area contributed by atoms with Crippen LogP contribution >= 0.6 is 0 Å². The highest BCUT2D eigenvalue weighted by Crippen LogP contribution is 2.34. The molecule has 0 aliphatic carbocycles. The Labute approximate surface area is 278 Å². The predicted octanol–water partition coefficient (Wildman–Crippen LogP) is 5.76. The van der Waals surface area contributed by atoms with Crippen LogP contribution in [-0.2, 0) is 32.6 Å². The Hall–Kier alpha value is -4.83. The molecular formula is C37H43N3O6S. The molecule has 2 amide bonds. The summed E-state index contributed by atoms with van der Waals surface area (Å²) in [4.78, 5) is 30.1. The monoisotopic (exact) mass is 657 g/mol. The maximum atomic E-state index is 14.6. The van der Waals surface area contributed by atoms with Crippen LogP contribution in [0.15, 0.2) is 108 Å². The van der Waals surface area contributed by atoms with Crippen LogP contribution in [0.2, 0.25) is 0 Å². The molecule has 0 saturated carbocycles. The van der Waals surface area contributed by atoms with Gasteiger partial charge in [0.1, 0.15) is 12.6 Å². The van der Waals surface area contributed by atoms with E-state index in [2.05, 4.69) is 5.32 Å². The summed E-state index contributed by atoms with van der Waals surface area (Å²) < 4.78 is 40.5. The van der Waals surface area contributed by atoms with E-state index in [-0.39, 0.29) is 35.5 Å². The van der Waals surface area contributed by atoms with Crippen molar-refractivity contribution in [3.05, 3.63) is 120 Å². The number of anilines is 1. The zero-order valence-corrected chi connectivity index (χ0v) is 28.4. The molecule has 0 heterocycles. The van der Waals surface area contributed by atoms with E-state index in [0.29, 0.717) is 17.9 Å². The van der Waals surface area contributed by atoms with Gasteiger partial charge in [0.05, 0.1) is 24.8 Å². The summed E-state index contributed by atoms with van der Waals surface area (Å²) in [6, 6.07) is 28.9. The highest BCUT2D eigenvalue weighted by Gasteiger charge is 2.35. The standard InChI is InChI=1S/C37H43N3O6S/c1-6-28(3)38-37(42)33(23-29-13-9-7-10-14-29)39(25-30-15-11-8-12-16-30)36(41)26-40(31-19-22-34(45-4)35(24-31)46-5)47(43,44)32-20-17-27(2)18-21-32/h7-22,24,28,33H,6,23,25-26H2,1-5H3,(H,38,42). The first-order valence-corrected chi connectivity index (χ1v) is 17.0. The Morgan fingerprint density at radius 2 is 1.40 bits per heavy atom. The quantitative estimate of drug-likeness (QED) is 0.174. The largest absolute Gasteiger partial charge is 0.493 e. The third kappa shape index (κ3) is 8.92. The fourth-order valence-corrected chi connectivity index (χ4v) is 6.53. The number of benzene rings is 4. The van der Waals surface area contributed by atoms with Gasteiger partial charge in [0.2, 0.25) is 11.8 Å².